The highest BCUT2D eigenvalue weighted by atomic mass is 16.4. The molecule has 0 amide bonds. The molecule has 4 N–H and O–H groups in total. The van der Waals surface area contributed by atoms with Gasteiger partial charge in [0.1, 0.15) is 5.84 Å². The predicted octanol–water partition coefficient (Wildman–Crippen LogP) is 2.34. The molecule has 0 aliphatic carbocycles. The Morgan fingerprint density at radius 3 is 2.75 bits per heavy atom. The van der Waals surface area contributed by atoms with Gasteiger partial charge in [-0.3, -0.25) is 15.2 Å². The molecule has 0 bridgehead atoms. The van der Waals surface area contributed by atoms with Crippen LogP contribution in [0.5, 0.6) is 0 Å². The van der Waals surface area contributed by atoms with E-state index in [0.29, 0.717) is 12.3 Å². The smallest absolute Gasteiger partial charge is 0.304 e. The molecule has 5 nitrogen and oxygen atoms in total. The SMILES string of the molecule is N=C1CCCCC(C(CC(=O)O)c2ccccc2)N1N. The molecule has 1 aromatic rings. The van der Waals surface area contributed by atoms with E-state index in [9.17, 15) is 9.90 Å². The van der Waals surface area contributed by atoms with E-state index in [-0.39, 0.29) is 18.4 Å². The van der Waals surface area contributed by atoms with Crippen molar-refractivity contribution in [3.8, 4) is 0 Å². The number of hydrazine groups is 1. The van der Waals surface area contributed by atoms with Gasteiger partial charge in [0.25, 0.3) is 0 Å². The van der Waals surface area contributed by atoms with Crippen LogP contribution in [-0.4, -0.2) is 28.0 Å². The molecular weight excluding hydrogens is 254 g/mol. The maximum atomic E-state index is 11.2. The number of benzene rings is 1. The Labute approximate surface area is 118 Å². The maximum absolute atomic E-state index is 11.2. The minimum Gasteiger partial charge on any atom is -0.481 e. The van der Waals surface area contributed by atoms with Crippen molar-refractivity contribution in [2.45, 2.75) is 44.1 Å². The van der Waals surface area contributed by atoms with Crippen LogP contribution in [-0.2, 0) is 4.79 Å². The van der Waals surface area contributed by atoms with Crippen LogP contribution < -0.4 is 5.84 Å². The fourth-order valence-electron chi connectivity index (χ4n) is 2.87. The summed E-state index contributed by atoms with van der Waals surface area (Å²) in [6, 6.07) is 9.49. The second-order valence-electron chi connectivity index (χ2n) is 5.28. The lowest BCUT2D eigenvalue weighted by atomic mass is 9.86. The average molecular weight is 275 g/mol. The number of nitrogens with two attached hydrogens (primary N) is 1. The maximum Gasteiger partial charge on any atom is 0.304 e. The second kappa shape index (κ2) is 6.52. The highest BCUT2D eigenvalue weighted by molar-refractivity contribution is 5.79. The number of nitrogens with zero attached hydrogens (tertiary/aromatic N) is 1. The monoisotopic (exact) mass is 275 g/mol. The van der Waals surface area contributed by atoms with Crippen LogP contribution in [0.4, 0.5) is 0 Å². The number of carbonyl (C=O) groups is 1. The molecule has 2 atom stereocenters. The quantitative estimate of drug-likeness (QED) is 0.736. The van der Waals surface area contributed by atoms with Gasteiger partial charge in [0.15, 0.2) is 0 Å². The lowest BCUT2D eigenvalue weighted by Gasteiger charge is -2.33. The molecule has 5 heteroatoms. The number of hydrogen-bond donors (Lipinski definition) is 3. The molecule has 2 unspecified atom stereocenters. The zero-order valence-corrected chi connectivity index (χ0v) is 11.5. The van der Waals surface area contributed by atoms with E-state index in [1.807, 2.05) is 30.3 Å². The summed E-state index contributed by atoms with van der Waals surface area (Å²) in [4.78, 5) is 11.2. The van der Waals surface area contributed by atoms with Gasteiger partial charge in [0.2, 0.25) is 0 Å². The minimum atomic E-state index is -0.831. The van der Waals surface area contributed by atoms with E-state index in [1.54, 1.807) is 0 Å². The molecule has 1 fully saturated rings. The van der Waals surface area contributed by atoms with E-state index in [0.717, 1.165) is 24.8 Å². The Morgan fingerprint density at radius 2 is 2.10 bits per heavy atom. The van der Waals surface area contributed by atoms with E-state index in [1.165, 1.54) is 5.01 Å². The number of amidine groups is 1. The summed E-state index contributed by atoms with van der Waals surface area (Å²) in [6.45, 7) is 0. The van der Waals surface area contributed by atoms with Crippen LogP contribution >= 0.6 is 0 Å². The fourth-order valence-corrected chi connectivity index (χ4v) is 2.87. The second-order valence-corrected chi connectivity index (χ2v) is 5.28. The first-order chi connectivity index (χ1) is 9.59. The standard InChI is InChI=1S/C15H21N3O2/c16-14-9-5-4-8-13(18(14)17)12(10-15(19)20)11-6-2-1-3-7-11/h1-3,6-7,12-13,16H,4-5,8-10,17H2,(H,19,20). The largest absolute Gasteiger partial charge is 0.481 e. The highest BCUT2D eigenvalue weighted by Crippen LogP contribution is 2.31. The van der Waals surface area contributed by atoms with Crippen molar-refractivity contribution in [1.29, 1.82) is 5.41 Å². The highest BCUT2D eigenvalue weighted by Gasteiger charge is 2.31. The van der Waals surface area contributed by atoms with Gasteiger partial charge in [-0.2, -0.15) is 0 Å². The molecule has 1 heterocycles. The number of rotatable bonds is 4. The summed E-state index contributed by atoms with van der Waals surface area (Å²) in [7, 11) is 0. The molecule has 0 aromatic heterocycles. The third kappa shape index (κ3) is 3.36. The van der Waals surface area contributed by atoms with E-state index in [2.05, 4.69) is 0 Å². The van der Waals surface area contributed by atoms with Crippen LogP contribution in [0.25, 0.3) is 0 Å². The van der Waals surface area contributed by atoms with Crippen LogP contribution in [0.1, 0.15) is 43.6 Å². The molecule has 1 aromatic carbocycles. The van der Waals surface area contributed by atoms with Crippen molar-refractivity contribution in [3.63, 3.8) is 0 Å². The first kappa shape index (κ1) is 14.5. The fraction of sp³-hybridized carbons (Fsp3) is 0.467. The topological polar surface area (TPSA) is 90.4 Å². The third-order valence-corrected chi connectivity index (χ3v) is 3.92. The van der Waals surface area contributed by atoms with Crippen LogP contribution in [0, 0.1) is 5.41 Å². The summed E-state index contributed by atoms with van der Waals surface area (Å²) >= 11 is 0. The molecule has 0 radical (unpaired) electrons. The minimum absolute atomic E-state index is 0.0374. The van der Waals surface area contributed by atoms with E-state index < -0.39 is 5.97 Å². The van der Waals surface area contributed by atoms with Crippen molar-refractivity contribution in [2.75, 3.05) is 0 Å². The van der Waals surface area contributed by atoms with Crippen molar-refractivity contribution < 1.29 is 9.90 Å². The Bertz CT molecular complexity index is 475. The van der Waals surface area contributed by atoms with Crippen molar-refractivity contribution in [3.05, 3.63) is 35.9 Å². The van der Waals surface area contributed by atoms with Gasteiger partial charge >= 0.3 is 5.97 Å². The normalized spacial score (nSPS) is 21.4. The predicted molar refractivity (Wildman–Crippen MR) is 77.4 cm³/mol. The Morgan fingerprint density at radius 1 is 1.40 bits per heavy atom. The molecular formula is C15H21N3O2. The zero-order valence-electron chi connectivity index (χ0n) is 11.5. The van der Waals surface area contributed by atoms with Crippen LogP contribution in [0.15, 0.2) is 30.3 Å². The molecule has 0 saturated carbocycles. The average Bonchev–Trinajstić information content (AvgIpc) is 2.60. The molecule has 1 saturated heterocycles. The Hall–Kier alpha value is -1.88. The van der Waals surface area contributed by atoms with Gasteiger partial charge in [0.05, 0.1) is 12.5 Å². The lowest BCUT2D eigenvalue weighted by molar-refractivity contribution is -0.137. The number of aliphatic carboxylic acids is 1. The van der Waals surface area contributed by atoms with E-state index >= 15 is 0 Å². The van der Waals surface area contributed by atoms with Crippen molar-refractivity contribution in [1.82, 2.24) is 5.01 Å². The van der Waals surface area contributed by atoms with Gasteiger partial charge in [-0.15, -0.1) is 0 Å². The van der Waals surface area contributed by atoms with Crippen molar-refractivity contribution >= 4 is 11.8 Å². The number of carboxylic acid groups (broad SMARTS) is 1. The Balaban J connectivity index is 2.29. The Kier molecular flexibility index (Phi) is 4.74. The summed E-state index contributed by atoms with van der Waals surface area (Å²) in [5.74, 6) is 5.44. The number of carboxylic acids is 1. The number of hydrogen-bond acceptors (Lipinski definition) is 3. The molecule has 2 rings (SSSR count). The third-order valence-electron chi connectivity index (χ3n) is 3.92. The molecule has 108 valence electrons. The first-order valence-electron chi connectivity index (χ1n) is 6.97. The van der Waals surface area contributed by atoms with Crippen LogP contribution in [0.3, 0.4) is 0 Å². The van der Waals surface area contributed by atoms with Crippen molar-refractivity contribution in [2.24, 2.45) is 5.84 Å². The lowest BCUT2D eigenvalue weighted by Crippen LogP contribution is -2.47. The van der Waals surface area contributed by atoms with E-state index in [4.69, 9.17) is 11.3 Å². The van der Waals surface area contributed by atoms with Crippen LogP contribution in [0.2, 0.25) is 0 Å². The molecule has 1 aliphatic heterocycles. The number of nitrogens with one attached hydrogen (secondary N) is 1. The summed E-state index contributed by atoms with van der Waals surface area (Å²) in [6.07, 6.45) is 3.45. The molecule has 20 heavy (non-hydrogen) atoms. The zero-order chi connectivity index (χ0) is 14.5. The van der Waals surface area contributed by atoms with Gasteiger partial charge in [-0.1, -0.05) is 36.8 Å². The first-order valence-corrected chi connectivity index (χ1v) is 6.97. The van der Waals surface area contributed by atoms with Gasteiger partial charge in [-0.25, -0.2) is 5.84 Å². The van der Waals surface area contributed by atoms with Gasteiger partial charge in [-0.05, 0) is 18.4 Å². The summed E-state index contributed by atoms with van der Waals surface area (Å²) < 4.78 is 0. The summed E-state index contributed by atoms with van der Waals surface area (Å²) in [5.41, 5.74) is 0.977. The van der Waals surface area contributed by atoms with Gasteiger partial charge < -0.3 is 5.11 Å². The molecule has 0 spiro atoms. The van der Waals surface area contributed by atoms with Gasteiger partial charge in [0, 0.05) is 12.3 Å². The summed E-state index contributed by atoms with van der Waals surface area (Å²) in [5, 5.41) is 18.6. The molecule has 1 aliphatic rings.